The minimum absolute atomic E-state index is 0.0278. The van der Waals surface area contributed by atoms with Crippen molar-refractivity contribution in [1.29, 1.82) is 5.26 Å². The highest BCUT2D eigenvalue weighted by Crippen LogP contribution is 2.20. The van der Waals surface area contributed by atoms with Crippen LogP contribution in [0, 0.1) is 23.0 Å². The lowest BCUT2D eigenvalue weighted by molar-refractivity contribution is 0.101. The zero-order chi connectivity index (χ0) is 15.4. The van der Waals surface area contributed by atoms with E-state index >= 15 is 0 Å². The second kappa shape index (κ2) is 6.14. The van der Waals surface area contributed by atoms with Crippen molar-refractivity contribution >= 4 is 5.78 Å². The fraction of sp³-hybridized carbons (Fsp3) is 0.125. The van der Waals surface area contributed by atoms with Crippen molar-refractivity contribution in [1.82, 2.24) is 0 Å². The van der Waals surface area contributed by atoms with Gasteiger partial charge >= 0.3 is 0 Å². The molecule has 0 heterocycles. The molecule has 0 aliphatic carbocycles. The molecule has 0 saturated carbocycles. The quantitative estimate of drug-likeness (QED) is 0.807. The zero-order valence-electron chi connectivity index (χ0n) is 11.2. The average Bonchev–Trinajstić information content (AvgIpc) is 2.46. The Bertz CT molecular complexity index is 736. The standard InChI is InChI=1S/C16H11F2NO2/c1-10(20)14-6-5-13(7-15(14)17)21-9-12-4-2-3-11(8-19)16(12)18/h2-7H,9H2,1H3. The van der Waals surface area contributed by atoms with E-state index in [4.69, 9.17) is 10.00 Å². The van der Waals surface area contributed by atoms with Gasteiger partial charge in [-0.05, 0) is 25.1 Å². The van der Waals surface area contributed by atoms with Crippen LogP contribution in [-0.4, -0.2) is 5.78 Å². The van der Waals surface area contributed by atoms with Gasteiger partial charge < -0.3 is 4.74 Å². The van der Waals surface area contributed by atoms with Crippen molar-refractivity contribution < 1.29 is 18.3 Å². The molecule has 0 unspecified atom stereocenters. The van der Waals surface area contributed by atoms with Crippen molar-refractivity contribution in [2.45, 2.75) is 13.5 Å². The molecule has 0 atom stereocenters. The fourth-order valence-electron chi connectivity index (χ4n) is 1.81. The Hall–Kier alpha value is -2.74. The minimum atomic E-state index is -0.689. The van der Waals surface area contributed by atoms with E-state index in [1.165, 1.54) is 31.2 Å². The molecule has 0 saturated heterocycles. The number of nitrogens with zero attached hydrogens (tertiary/aromatic N) is 1. The van der Waals surface area contributed by atoms with Crippen molar-refractivity contribution in [2.24, 2.45) is 0 Å². The van der Waals surface area contributed by atoms with E-state index in [0.717, 1.165) is 6.07 Å². The summed E-state index contributed by atoms with van der Waals surface area (Å²) in [4.78, 5) is 11.1. The largest absolute Gasteiger partial charge is 0.489 e. The third-order valence-electron chi connectivity index (χ3n) is 2.91. The summed E-state index contributed by atoms with van der Waals surface area (Å²) >= 11 is 0. The van der Waals surface area contributed by atoms with E-state index in [9.17, 15) is 13.6 Å². The summed E-state index contributed by atoms with van der Waals surface area (Å²) < 4.78 is 32.7. The molecule has 0 spiro atoms. The molecular weight excluding hydrogens is 276 g/mol. The number of nitriles is 1. The molecule has 0 aromatic heterocycles. The first-order chi connectivity index (χ1) is 10.0. The molecule has 2 rings (SSSR count). The summed E-state index contributed by atoms with van der Waals surface area (Å²) in [6, 6.07) is 9.94. The highest BCUT2D eigenvalue weighted by molar-refractivity contribution is 5.94. The van der Waals surface area contributed by atoms with Gasteiger partial charge in [-0.3, -0.25) is 4.79 Å². The molecule has 0 bridgehead atoms. The smallest absolute Gasteiger partial charge is 0.162 e. The topological polar surface area (TPSA) is 50.1 Å². The second-order valence-corrected chi connectivity index (χ2v) is 4.38. The third-order valence-corrected chi connectivity index (χ3v) is 2.91. The molecule has 0 radical (unpaired) electrons. The molecule has 2 aromatic carbocycles. The van der Waals surface area contributed by atoms with Crippen LogP contribution in [0.3, 0.4) is 0 Å². The maximum Gasteiger partial charge on any atom is 0.162 e. The summed E-state index contributed by atoms with van der Waals surface area (Å²) in [5.41, 5.74) is 0.0966. The number of benzene rings is 2. The van der Waals surface area contributed by atoms with Crippen LogP contribution >= 0.6 is 0 Å². The molecule has 0 N–H and O–H groups in total. The van der Waals surface area contributed by atoms with Crippen LogP contribution in [0.25, 0.3) is 0 Å². The lowest BCUT2D eigenvalue weighted by Crippen LogP contribution is -2.02. The highest BCUT2D eigenvalue weighted by Gasteiger charge is 2.10. The van der Waals surface area contributed by atoms with Crippen molar-refractivity contribution in [3.8, 4) is 11.8 Å². The first-order valence-electron chi connectivity index (χ1n) is 6.13. The average molecular weight is 287 g/mol. The Kier molecular flexibility index (Phi) is 4.29. The molecule has 5 heteroatoms. The van der Waals surface area contributed by atoms with Gasteiger partial charge in [-0.1, -0.05) is 12.1 Å². The predicted octanol–water partition coefficient (Wildman–Crippen LogP) is 3.62. The van der Waals surface area contributed by atoms with E-state index < -0.39 is 11.6 Å². The molecule has 106 valence electrons. The van der Waals surface area contributed by atoms with Gasteiger partial charge in [0.1, 0.15) is 30.1 Å². The monoisotopic (exact) mass is 287 g/mol. The maximum atomic E-state index is 13.8. The van der Waals surface area contributed by atoms with Gasteiger partial charge in [0.2, 0.25) is 0 Å². The summed E-state index contributed by atoms with van der Waals surface area (Å²) in [6.45, 7) is 1.13. The molecule has 0 fully saturated rings. The van der Waals surface area contributed by atoms with Gasteiger partial charge in [-0.15, -0.1) is 0 Å². The van der Waals surface area contributed by atoms with Crippen LogP contribution in [0.1, 0.15) is 28.4 Å². The van der Waals surface area contributed by atoms with E-state index in [2.05, 4.69) is 0 Å². The first-order valence-corrected chi connectivity index (χ1v) is 6.13. The van der Waals surface area contributed by atoms with Gasteiger partial charge in [0.25, 0.3) is 0 Å². The van der Waals surface area contributed by atoms with Crippen molar-refractivity contribution in [3.05, 3.63) is 64.7 Å². The Morgan fingerprint density at radius 3 is 2.67 bits per heavy atom. The van der Waals surface area contributed by atoms with E-state index in [1.807, 2.05) is 0 Å². The number of ketones is 1. The summed E-state index contributed by atoms with van der Waals surface area (Å²) in [7, 11) is 0. The molecule has 2 aromatic rings. The molecule has 21 heavy (non-hydrogen) atoms. The van der Waals surface area contributed by atoms with E-state index in [0.29, 0.717) is 0 Å². The number of hydrogen-bond acceptors (Lipinski definition) is 3. The second-order valence-electron chi connectivity index (χ2n) is 4.38. The number of halogens is 2. The Morgan fingerprint density at radius 1 is 1.29 bits per heavy atom. The van der Waals surface area contributed by atoms with E-state index in [-0.39, 0.29) is 34.8 Å². The van der Waals surface area contributed by atoms with Gasteiger partial charge in [-0.2, -0.15) is 5.26 Å². The van der Waals surface area contributed by atoms with E-state index in [1.54, 1.807) is 12.1 Å². The zero-order valence-corrected chi connectivity index (χ0v) is 11.2. The maximum absolute atomic E-state index is 13.8. The van der Waals surface area contributed by atoms with Crippen LogP contribution in [0.5, 0.6) is 5.75 Å². The molecule has 0 aliphatic rings. The van der Waals surface area contributed by atoms with Crippen LogP contribution < -0.4 is 4.74 Å². The lowest BCUT2D eigenvalue weighted by atomic mass is 10.1. The molecule has 0 amide bonds. The molecular formula is C16H11F2NO2. The first kappa shape index (κ1) is 14.7. The number of ether oxygens (including phenoxy) is 1. The lowest BCUT2D eigenvalue weighted by Gasteiger charge is -2.09. The van der Waals surface area contributed by atoms with Crippen molar-refractivity contribution in [2.75, 3.05) is 0 Å². The summed E-state index contributed by atoms with van der Waals surface area (Å²) in [6.07, 6.45) is 0. The number of carbonyl (C=O) groups excluding carboxylic acids is 1. The van der Waals surface area contributed by atoms with Crippen LogP contribution in [0.4, 0.5) is 8.78 Å². The SMILES string of the molecule is CC(=O)c1ccc(OCc2cccc(C#N)c2F)cc1F. The molecule has 0 aliphatic heterocycles. The Morgan fingerprint density at radius 2 is 2.05 bits per heavy atom. The van der Waals surface area contributed by atoms with Crippen LogP contribution in [0.2, 0.25) is 0 Å². The number of hydrogen-bond donors (Lipinski definition) is 0. The number of carbonyl (C=O) groups is 1. The van der Waals surface area contributed by atoms with Crippen LogP contribution in [-0.2, 0) is 6.61 Å². The fourth-order valence-corrected chi connectivity index (χ4v) is 1.81. The minimum Gasteiger partial charge on any atom is -0.489 e. The number of Topliss-reactive ketones (excluding diaryl/α,β-unsaturated/α-hetero) is 1. The summed E-state index contributed by atoms with van der Waals surface area (Å²) in [5, 5.41) is 8.73. The van der Waals surface area contributed by atoms with Gasteiger partial charge in [-0.25, -0.2) is 8.78 Å². The molecule has 3 nitrogen and oxygen atoms in total. The van der Waals surface area contributed by atoms with Gasteiger partial charge in [0.05, 0.1) is 11.1 Å². The van der Waals surface area contributed by atoms with Crippen LogP contribution in [0.15, 0.2) is 36.4 Å². The van der Waals surface area contributed by atoms with Crippen molar-refractivity contribution in [3.63, 3.8) is 0 Å². The normalized spacial score (nSPS) is 10.0. The highest BCUT2D eigenvalue weighted by atomic mass is 19.1. The predicted molar refractivity (Wildman–Crippen MR) is 71.9 cm³/mol. The Labute approximate surface area is 120 Å². The van der Waals surface area contributed by atoms with Gasteiger partial charge in [0, 0.05) is 11.6 Å². The number of rotatable bonds is 4. The third kappa shape index (κ3) is 3.23. The summed E-state index contributed by atoms with van der Waals surface area (Å²) in [5.74, 6) is -1.54. The Balaban J connectivity index is 2.16. The van der Waals surface area contributed by atoms with Gasteiger partial charge in [0.15, 0.2) is 5.78 Å².